The molecule has 0 saturated carbocycles. The highest BCUT2D eigenvalue weighted by Gasteiger charge is 2.30. The molecule has 2 amide bonds. The van der Waals surface area contributed by atoms with Crippen molar-refractivity contribution in [2.45, 2.75) is 19.8 Å². The van der Waals surface area contributed by atoms with Crippen molar-refractivity contribution in [1.82, 2.24) is 9.88 Å². The average molecular weight is 440 g/mol. The standard InChI is InChI=1S/C24H23ClFN3O2/c1-15(23(30)28-19-5-2-17(25)3-6-19)16-9-12-29(13-10-16)24(31)20-8-11-27-22-7-4-18(26)14-21(20)22/h2-8,11,14-16H,9-10,12-13H2,1H3,(H,28,30). The summed E-state index contributed by atoms with van der Waals surface area (Å²) < 4.78 is 13.7. The van der Waals surface area contributed by atoms with Gasteiger partial charge < -0.3 is 10.2 Å². The van der Waals surface area contributed by atoms with E-state index in [1.54, 1.807) is 47.5 Å². The molecule has 1 N–H and O–H groups in total. The lowest BCUT2D eigenvalue weighted by Gasteiger charge is -2.34. The highest BCUT2D eigenvalue weighted by molar-refractivity contribution is 6.30. The Kier molecular flexibility index (Phi) is 6.18. The predicted molar refractivity (Wildman–Crippen MR) is 120 cm³/mol. The molecule has 0 radical (unpaired) electrons. The number of anilines is 1. The highest BCUT2D eigenvalue weighted by atomic mass is 35.5. The maximum atomic E-state index is 13.7. The summed E-state index contributed by atoms with van der Waals surface area (Å²) in [6, 6.07) is 12.9. The third-order valence-corrected chi connectivity index (χ3v) is 6.25. The van der Waals surface area contributed by atoms with Gasteiger partial charge in [0.1, 0.15) is 5.82 Å². The van der Waals surface area contributed by atoms with Gasteiger partial charge in [-0.05, 0) is 67.3 Å². The number of carbonyl (C=O) groups is 2. The molecule has 5 nitrogen and oxygen atoms in total. The fourth-order valence-corrected chi connectivity index (χ4v) is 4.21. The fourth-order valence-electron chi connectivity index (χ4n) is 4.08. The molecule has 0 aliphatic carbocycles. The smallest absolute Gasteiger partial charge is 0.254 e. The van der Waals surface area contributed by atoms with Crippen LogP contribution in [-0.4, -0.2) is 34.8 Å². The summed E-state index contributed by atoms with van der Waals surface area (Å²) in [7, 11) is 0. The number of pyridine rings is 1. The number of piperidine rings is 1. The summed E-state index contributed by atoms with van der Waals surface area (Å²) >= 11 is 5.89. The van der Waals surface area contributed by atoms with Crippen LogP contribution in [0.3, 0.4) is 0 Å². The Hall–Kier alpha value is -2.99. The Balaban J connectivity index is 1.39. The third kappa shape index (κ3) is 4.69. The third-order valence-electron chi connectivity index (χ3n) is 5.99. The SMILES string of the molecule is CC(C(=O)Nc1ccc(Cl)cc1)C1CCN(C(=O)c2ccnc3ccc(F)cc23)CC1. The number of fused-ring (bicyclic) bond motifs is 1. The van der Waals surface area contributed by atoms with Crippen LogP contribution in [0.1, 0.15) is 30.1 Å². The number of rotatable bonds is 4. The van der Waals surface area contributed by atoms with Gasteiger partial charge in [0.05, 0.1) is 11.1 Å². The van der Waals surface area contributed by atoms with Crippen LogP contribution in [0.4, 0.5) is 10.1 Å². The van der Waals surface area contributed by atoms with Crippen LogP contribution in [0.2, 0.25) is 5.02 Å². The van der Waals surface area contributed by atoms with Gasteiger partial charge in [0, 0.05) is 41.3 Å². The number of hydrogen-bond donors (Lipinski definition) is 1. The molecule has 1 fully saturated rings. The maximum absolute atomic E-state index is 13.7. The molecular weight excluding hydrogens is 417 g/mol. The zero-order valence-electron chi connectivity index (χ0n) is 17.1. The van der Waals surface area contributed by atoms with E-state index in [4.69, 9.17) is 11.6 Å². The van der Waals surface area contributed by atoms with Crippen molar-refractivity contribution in [2.24, 2.45) is 11.8 Å². The van der Waals surface area contributed by atoms with Gasteiger partial charge >= 0.3 is 0 Å². The Morgan fingerprint density at radius 3 is 2.55 bits per heavy atom. The molecule has 2 aromatic carbocycles. The lowest BCUT2D eigenvalue weighted by atomic mass is 9.84. The first-order valence-electron chi connectivity index (χ1n) is 10.3. The Morgan fingerprint density at radius 2 is 1.84 bits per heavy atom. The molecule has 2 heterocycles. The molecule has 1 aliphatic rings. The van der Waals surface area contributed by atoms with Gasteiger partial charge in [-0.15, -0.1) is 0 Å². The number of carbonyl (C=O) groups excluding carboxylic acids is 2. The Labute approximate surface area is 185 Å². The van der Waals surface area contributed by atoms with Crippen molar-refractivity contribution >= 4 is 40.0 Å². The molecule has 1 aromatic heterocycles. The topological polar surface area (TPSA) is 62.3 Å². The van der Waals surface area contributed by atoms with Gasteiger partial charge in [0.15, 0.2) is 0 Å². The van der Waals surface area contributed by atoms with Crippen molar-refractivity contribution < 1.29 is 14.0 Å². The monoisotopic (exact) mass is 439 g/mol. The van der Waals surface area contributed by atoms with Crippen molar-refractivity contribution in [2.75, 3.05) is 18.4 Å². The molecule has 0 spiro atoms. The Morgan fingerprint density at radius 1 is 1.13 bits per heavy atom. The number of hydrogen-bond acceptors (Lipinski definition) is 3. The lowest BCUT2D eigenvalue weighted by molar-refractivity contribution is -0.121. The summed E-state index contributed by atoms with van der Waals surface area (Å²) in [5.41, 5.74) is 1.76. The van der Waals surface area contributed by atoms with E-state index in [9.17, 15) is 14.0 Å². The predicted octanol–water partition coefficient (Wildman–Crippen LogP) is 5.15. The van der Waals surface area contributed by atoms with E-state index in [1.165, 1.54) is 12.1 Å². The molecule has 1 saturated heterocycles. The molecule has 3 aromatic rings. The van der Waals surface area contributed by atoms with Crippen molar-refractivity contribution in [3.05, 3.63) is 71.1 Å². The molecule has 1 unspecified atom stereocenters. The molecule has 7 heteroatoms. The van der Waals surface area contributed by atoms with Crippen LogP contribution >= 0.6 is 11.6 Å². The Bertz CT molecular complexity index is 1110. The highest BCUT2D eigenvalue weighted by Crippen LogP contribution is 2.28. The van der Waals surface area contributed by atoms with Crippen LogP contribution in [0, 0.1) is 17.7 Å². The second-order valence-corrected chi connectivity index (χ2v) is 8.37. The number of nitrogens with one attached hydrogen (secondary N) is 1. The van der Waals surface area contributed by atoms with Gasteiger partial charge in [-0.3, -0.25) is 14.6 Å². The average Bonchev–Trinajstić information content (AvgIpc) is 2.79. The lowest BCUT2D eigenvalue weighted by Crippen LogP contribution is -2.41. The summed E-state index contributed by atoms with van der Waals surface area (Å²) in [5.74, 6) is -0.557. The van der Waals surface area contributed by atoms with Gasteiger partial charge in [-0.1, -0.05) is 18.5 Å². The van der Waals surface area contributed by atoms with E-state index in [-0.39, 0.29) is 23.7 Å². The number of benzene rings is 2. The zero-order chi connectivity index (χ0) is 22.0. The summed E-state index contributed by atoms with van der Waals surface area (Å²) in [6.45, 7) is 3.04. The molecule has 160 valence electrons. The van der Waals surface area contributed by atoms with Crippen LogP contribution in [0.5, 0.6) is 0 Å². The minimum Gasteiger partial charge on any atom is -0.339 e. The molecule has 0 bridgehead atoms. The van der Waals surface area contributed by atoms with E-state index in [0.717, 1.165) is 12.8 Å². The van der Waals surface area contributed by atoms with Gasteiger partial charge in [0.2, 0.25) is 5.91 Å². The quantitative estimate of drug-likeness (QED) is 0.611. The number of halogens is 2. The molecule has 1 aliphatic heterocycles. The summed E-state index contributed by atoms with van der Waals surface area (Å²) in [4.78, 5) is 31.7. The number of likely N-dealkylation sites (tertiary alicyclic amines) is 1. The molecule has 1 atom stereocenters. The van der Waals surface area contributed by atoms with E-state index in [1.807, 2.05) is 6.92 Å². The van der Waals surface area contributed by atoms with E-state index < -0.39 is 5.82 Å². The maximum Gasteiger partial charge on any atom is 0.254 e. The first-order valence-corrected chi connectivity index (χ1v) is 10.7. The van der Waals surface area contributed by atoms with Crippen LogP contribution in [0.25, 0.3) is 10.9 Å². The molecular formula is C24H23ClFN3O2. The van der Waals surface area contributed by atoms with Crippen molar-refractivity contribution in [3.63, 3.8) is 0 Å². The first kappa shape index (κ1) is 21.2. The number of amides is 2. The minimum absolute atomic E-state index is 0.0392. The van der Waals surface area contributed by atoms with E-state index in [0.29, 0.717) is 40.3 Å². The van der Waals surface area contributed by atoms with Gasteiger partial charge in [-0.2, -0.15) is 0 Å². The molecule has 31 heavy (non-hydrogen) atoms. The first-order chi connectivity index (χ1) is 14.9. The summed E-state index contributed by atoms with van der Waals surface area (Å²) in [5, 5.41) is 4.07. The second kappa shape index (κ2) is 9.02. The van der Waals surface area contributed by atoms with Gasteiger partial charge in [-0.25, -0.2) is 4.39 Å². The van der Waals surface area contributed by atoms with Crippen LogP contribution in [0.15, 0.2) is 54.7 Å². The van der Waals surface area contributed by atoms with Crippen molar-refractivity contribution in [1.29, 1.82) is 0 Å². The van der Waals surface area contributed by atoms with Crippen LogP contribution in [-0.2, 0) is 4.79 Å². The fraction of sp³-hybridized carbons (Fsp3) is 0.292. The minimum atomic E-state index is -0.395. The summed E-state index contributed by atoms with van der Waals surface area (Å²) in [6.07, 6.45) is 3.04. The van der Waals surface area contributed by atoms with E-state index >= 15 is 0 Å². The van der Waals surface area contributed by atoms with Crippen molar-refractivity contribution in [3.8, 4) is 0 Å². The van der Waals surface area contributed by atoms with Crippen LogP contribution < -0.4 is 5.32 Å². The molecule has 4 rings (SSSR count). The largest absolute Gasteiger partial charge is 0.339 e. The van der Waals surface area contributed by atoms with Gasteiger partial charge in [0.25, 0.3) is 5.91 Å². The zero-order valence-corrected chi connectivity index (χ0v) is 17.9. The normalized spacial score (nSPS) is 15.6. The number of nitrogens with zero attached hydrogens (tertiary/aromatic N) is 2. The van der Waals surface area contributed by atoms with E-state index in [2.05, 4.69) is 10.3 Å². The number of aromatic nitrogens is 1. The second-order valence-electron chi connectivity index (χ2n) is 7.93.